The van der Waals surface area contributed by atoms with Gasteiger partial charge in [-0.25, -0.2) is 4.79 Å². The average molecular weight is 479 g/mol. The first-order chi connectivity index (χ1) is 16.6. The van der Waals surface area contributed by atoms with E-state index in [1.807, 2.05) is 45.0 Å². The fraction of sp³-hybridized carbons (Fsp3) is 0.464. The molecule has 0 spiro atoms. The number of aliphatic carboxylic acids is 1. The lowest BCUT2D eigenvalue weighted by atomic mass is 9.83. The number of carboxylic acid groups (broad SMARTS) is 1. The quantitative estimate of drug-likeness (QED) is 0.611. The van der Waals surface area contributed by atoms with E-state index in [0.29, 0.717) is 13.1 Å². The number of rotatable bonds is 7. The van der Waals surface area contributed by atoms with E-state index in [2.05, 4.69) is 29.6 Å². The Bertz CT molecular complexity index is 1070. The highest BCUT2D eigenvalue weighted by molar-refractivity contribution is 5.80. The largest absolute Gasteiger partial charge is 0.481 e. The molecule has 2 aromatic rings. The third-order valence-corrected chi connectivity index (χ3v) is 7.42. The lowest BCUT2D eigenvalue weighted by molar-refractivity contribution is -0.151. The molecule has 0 aromatic heterocycles. The van der Waals surface area contributed by atoms with Crippen LogP contribution in [-0.4, -0.2) is 53.7 Å². The average Bonchev–Trinajstić information content (AvgIpc) is 3.09. The van der Waals surface area contributed by atoms with E-state index < -0.39 is 24.0 Å². The Kier molecular flexibility index (Phi) is 6.88. The van der Waals surface area contributed by atoms with Crippen LogP contribution in [0.4, 0.5) is 4.79 Å². The van der Waals surface area contributed by atoms with Crippen molar-refractivity contribution in [2.45, 2.75) is 46.1 Å². The second-order valence-corrected chi connectivity index (χ2v) is 10.8. The first-order valence-corrected chi connectivity index (χ1v) is 12.2. The van der Waals surface area contributed by atoms with Crippen LogP contribution in [0.1, 0.15) is 51.2 Å². The number of carboxylic acids is 1. The first kappa shape index (κ1) is 24.8. The lowest BCUT2D eigenvalue weighted by Crippen LogP contribution is -2.55. The van der Waals surface area contributed by atoms with Crippen LogP contribution < -0.4 is 5.32 Å². The van der Waals surface area contributed by atoms with E-state index in [1.165, 1.54) is 11.1 Å². The molecule has 1 aliphatic heterocycles. The van der Waals surface area contributed by atoms with Gasteiger partial charge in [-0.05, 0) is 27.7 Å². The predicted molar refractivity (Wildman–Crippen MR) is 133 cm³/mol. The molecule has 1 fully saturated rings. The fourth-order valence-electron chi connectivity index (χ4n) is 4.89. The lowest BCUT2D eigenvalue weighted by Gasteiger charge is -2.42. The second kappa shape index (κ2) is 9.72. The molecule has 7 heteroatoms. The molecule has 2 amide bonds. The number of alkyl carbamates (subject to hydrolysis) is 1. The molecule has 4 rings (SSSR count). The SMILES string of the molecule is CC(C(=O)O)C1CN(C(=O)CC(NC(=O)OCC2c3ccccc3-c3ccccc32)C(C)(C)C)C1. The van der Waals surface area contributed by atoms with E-state index in [9.17, 15) is 14.4 Å². The molecule has 2 aromatic carbocycles. The van der Waals surface area contributed by atoms with Crippen molar-refractivity contribution in [3.8, 4) is 11.1 Å². The molecule has 1 saturated heterocycles. The normalized spacial score (nSPS) is 17.1. The Hall–Kier alpha value is -3.35. The molecule has 2 atom stereocenters. The van der Waals surface area contributed by atoms with Gasteiger partial charge in [0, 0.05) is 37.4 Å². The van der Waals surface area contributed by atoms with Gasteiger partial charge in [0.05, 0.1) is 5.92 Å². The molecule has 0 bridgehead atoms. The van der Waals surface area contributed by atoms with Crippen molar-refractivity contribution in [3.05, 3.63) is 59.7 Å². The molecule has 2 unspecified atom stereocenters. The zero-order chi connectivity index (χ0) is 25.3. The van der Waals surface area contributed by atoms with Crippen LogP contribution in [0.2, 0.25) is 0 Å². The van der Waals surface area contributed by atoms with Crippen molar-refractivity contribution in [1.82, 2.24) is 10.2 Å². The summed E-state index contributed by atoms with van der Waals surface area (Å²) >= 11 is 0. The number of hydrogen-bond acceptors (Lipinski definition) is 4. The van der Waals surface area contributed by atoms with Crippen LogP contribution in [-0.2, 0) is 14.3 Å². The Balaban J connectivity index is 1.35. The third kappa shape index (κ3) is 5.19. The first-order valence-electron chi connectivity index (χ1n) is 12.2. The van der Waals surface area contributed by atoms with Crippen molar-refractivity contribution in [3.63, 3.8) is 0 Å². The van der Waals surface area contributed by atoms with Crippen molar-refractivity contribution >= 4 is 18.0 Å². The molecule has 0 saturated carbocycles. The third-order valence-electron chi connectivity index (χ3n) is 7.42. The summed E-state index contributed by atoms with van der Waals surface area (Å²) in [5, 5.41) is 12.1. The summed E-state index contributed by atoms with van der Waals surface area (Å²) in [6.45, 7) is 8.68. The van der Waals surface area contributed by atoms with Crippen LogP contribution in [0.3, 0.4) is 0 Å². The molecule has 0 radical (unpaired) electrons. The number of amides is 2. The summed E-state index contributed by atoms with van der Waals surface area (Å²) in [5.41, 5.74) is 4.26. The number of hydrogen-bond donors (Lipinski definition) is 2. The minimum absolute atomic E-state index is 0.0281. The summed E-state index contributed by atoms with van der Waals surface area (Å²) in [4.78, 5) is 38.5. The van der Waals surface area contributed by atoms with Gasteiger partial charge in [0.25, 0.3) is 0 Å². The molecule has 35 heavy (non-hydrogen) atoms. The van der Waals surface area contributed by atoms with Crippen LogP contribution >= 0.6 is 0 Å². The molecule has 1 aliphatic carbocycles. The van der Waals surface area contributed by atoms with E-state index in [0.717, 1.165) is 11.1 Å². The predicted octanol–water partition coefficient (Wildman–Crippen LogP) is 4.51. The molecule has 2 aliphatic rings. The van der Waals surface area contributed by atoms with Gasteiger partial charge in [0.2, 0.25) is 5.91 Å². The Morgan fingerprint density at radius 1 is 1.03 bits per heavy atom. The Morgan fingerprint density at radius 2 is 1.57 bits per heavy atom. The highest BCUT2D eigenvalue weighted by Crippen LogP contribution is 2.44. The maximum atomic E-state index is 12.8. The van der Waals surface area contributed by atoms with E-state index >= 15 is 0 Å². The van der Waals surface area contributed by atoms with Crippen LogP contribution in [0.15, 0.2) is 48.5 Å². The molecule has 186 valence electrons. The monoisotopic (exact) mass is 478 g/mol. The van der Waals surface area contributed by atoms with Gasteiger partial charge in [0.1, 0.15) is 6.61 Å². The number of nitrogens with one attached hydrogen (secondary N) is 1. The van der Waals surface area contributed by atoms with Crippen molar-refractivity contribution in [2.24, 2.45) is 17.3 Å². The van der Waals surface area contributed by atoms with Gasteiger partial charge in [-0.2, -0.15) is 0 Å². The molecule has 7 nitrogen and oxygen atoms in total. The molecule has 1 heterocycles. The summed E-state index contributed by atoms with van der Waals surface area (Å²) < 4.78 is 5.68. The minimum Gasteiger partial charge on any atom is -0.481 e. The van der Waals surface area contributed by atoms with Crippen LogP contribution in [0, 0.1) is 17.3 Å². The van der Waals surface area contributed by atoms with Gasteiger partial charge in [-0.3, -0.25) is 9.59 Å². The van der Waals surface area contributed by atoms with E-state index in [-0.39, 0.29) is 36.2 Å². The van der Waals surface area contributed by atoms with E-state index in [1.54, 1.807) is 11.8 Å². The van der Waals surface area contributed by atoms with Crippen LogP contribution in [0.5, 0.6) is 0 Å². The number of nitrogens with zero attached hydrogens (tertiary/aromatic N) is 1. The van der Waals surface area contributed by atoms with Crippen LogP contribution in [0.25, 0.3) is 11.1 Å². The van der Waals surface area contributed by atoms with Crippen molar-refractivity contribution in [2.75, 3.05) is 19.7 Å². The smallest absolute Gasteiger partial charge is 0.407 e. The summed E-state index contributed by atoms with van der Waals surface area (Å²) in [7, 11) is 0. The standard InChI is InChI=1S/C28H34N2O5/c1-17(26(32)33)18-14-30(15-18)25(31)13-24(28(2,3)4)29-27(34)35-16-23-21-11-7-5-9-19(21)20-10-6-8-12-22(20)23/h5-12,17-18,23-24H,13-16H2,1-4H3,(H,29,34)(H,32,33). The van der Waals surface area contributed by atoms with Crippen molar-refractivity contribution in [1.29, 1.82) is 0 Å². The number of likely N-dealkylation sites (tertiary alicyclic amines) is 1. The number of fused-ring (bicyclic) bond motifs is 3. The Labute approximate surface area is 206 Å². The molecular formula is C28H34N2O5. The maximum Gasteiger partial charge on any atom is 0.407 e. The minimum atomic E-state index is -0.841. The fourth-order valence-corrected chi connectivity index (χ4v) is 4.89. The number of ether oxygens (including phenoxy) is 1. The number of benzene rings is 2. The van der Waals surface area contributed by atoms with Gasteiger partial charge in [-0.1, -0.05) is 76.2 Å². The highest BCUT2D eigenvalue weighted by atomic mass is 16.5. The van der Waals surface area contributed by atoms with Gasteiger partial charge in [0.15, 0.2) is 0 Å². The van der Waals surface area contributed by atoms with Gasteiger partial charge >= 0.3 is 12.1 Å². The summed E-state index contributed by atoms with van der Waals surface area (Å²) in [5.74, 6) is -1.46. The zero-order valence-electron chi connectivity index (χ0n) is 20.8. The maximum absolute atomic E-state index is 12.8. The number of carbonyl (C=O) groups excluding carboxylic acids is 2. The highest BCUT2D eigenvalue weighted by Gasteiger charge is 2.39. The van der Waals surface area contributed by atoms with Gasteiger partial charge < -0.3 is 20.1 Å². The molecule has 2 N–H and O–H groups in total. The van der Waals surface area contributed by atoms with E-state index in [4.69, 9.17) is 9.84 Å². The second-order valence-electron chi connectivity index (χ2n) is 10.8. The summed E-state index contributed by atoms with van der Waals surface area (Å²) in [6, 6.07) is 15.9. The number of carbonyl (C=O) groups is 3. The topological polar surface area (TPSA) is 95.9 Å². The van der Waals surface area contributed by atoms with Gasteiger partial charge in [-0.15, -0.1) is 0 Å². The van der Waals surface area contributed by atoms with Crippen molar-refractivity contribution < 1.29 is 24.2 Å². The zero-order valence-corrected chi connectivity index (χ0v) is 20.8. The Morgan fingerprint density at radius 3 is 2.09 bits per heavy atom. The molecular weight excluding hydrogens is 444 g/mol. The summed E-state index contributed by atoms with van der Waals surface area (Å²) in [6.07, 6.45) is -0.400.